The van der Waals surface area contributed by atoms with Crippen molar-refractivity contribution in [3.63, 3.8) is 0 Å². The molecule has 4 rings (SSSR count). The molecule has 3 aromatic rings. The zero-order valence-electron chi connectivity index (χ0n) is 16.2. The van der Waals surface area contributed by atoms with E-state index in [0.717, 1.165) is 35.5 Å². The van der Waals surface area contributed by atoms with Gasteiger partial charge in [-0.3, -0.25) is 4.79 Å². The van der Waals surface area contributed by atoms with Gasteiger partial charge in [0.05, 0.1) is 6.04 Å². The summed E-state index contributed by atoms with van der Waals surface area (Å²) in [6, 6.07) is 7.51. The number of hydrogen-bond acceptors (Lipinski definition) is 6. The highest BCUT2D eigenvalue weighted by molar-refractivity contribution is 5.91. The largest absolute Gasteiger partial charge is 0.486 e. The number of benzene rings is 1. The Morgan fingerprint density at radius 1 is 1.18 bits per heavy atom. The third-order valence-electron chi connectivity index (χ3n) is 4.67. The van der Waals surface area contributed by atoms with E-state index in [9.17, 15) is 4.79 Å². The number of nitrogens with one attached hydrogen (secondary N) is 1. The van der Waals surface area contributed by atoms with E-state index in [-0.39, 0.29) is 17.8 Å². The highest BCUT2D eigenvalue weighted by Gasteiger charge is 2.21. The zero-order chi connectivity index (χ0) is 19.7. The number of carbonyl (C=O) groups is 1. The molecule has 1 aliphatic rings. The third kappa shape index (κ3) is 3.49. The Morgan fingerprint density at radius 2 is 1.96 bits per heavy atom. The van der Waals surface area contributed by atoms with Gasteiger partial charge >= 0.3 is 0 Å². The smallest absolute Gasteiger partial charge is 0.291 e. The van der Waals surface area contributed by atoms with E-state index in [1.165, 1.54) is 0 Å². The van der Waals surface area contributed by atoms with Gasteiger partial charge in [0.1, 0.15) is 13.2 Å². The summed E-state index contributed by atoms with van der Waals surface area (Å²) in [7, 11) is 0. The average molecular weight is 381 g/mol. The van der Waals surface area contributed by atoms with Crippen molar-refractivity contribution < 1.29 is 14.3 Å². The first-order chi connectivity index (χ1) is 13.5. The molecule has 0 bridgehead atoms. The summed E-state index contributed by atoms with van der Waals surface area (Å²) in [5.74, 6) is 1.65. The van der Waals surface area contributed by atoms with Gasteiger partial charge in [-0.2, -0.15) is 4.98 Å². The number of rotatable bonds is 5. The lowest BCUT2D eigenvalue weighted by Gasteiger charge is -2.22. The molecule has 0 saturated carbocycles. The van der Waals surface area contributed by atoms with Crippen molar-refractivity contribution in [1.29, 1.82) is 0 Å². The first-order valence-electron chi connectivity index (χ1n) is 9.46. The molecule has 8 nitrogen and oxygen atoms in total. The van der Waals surface area contributed by atoms with E-state index in [1.54, 1.807) is 4.52 Å². The Balaban J connectivity index is 1.59. The average Bonchev–Trinajstić information content (AvgIpc) is 3.12. The number of aromatic nitrogens is 4. The second-order valence-electron chi connectivity index (χ2n) is 6.90. The number of nitrogens with zero attached hydrogens (tertiary/aromatic N) is 4. The molecule has 0 fully saturated rings. The van der Waals surface area contributed by atoms with Gasteiger partial charge in [-0.1, -0.05) is 19.4 Å². The van der Waals surface area contributed by atoms with Crippen LogP contribution in [0, 0.1) is 13.8 Å². The minimum absolute atomic E-state index is 0.111. The van der Waals surface area contributed by atoms with Crippen molar-refractivity contribution in [2.75, 3.05) is 13.2 Å². The maximum Gasteiger partial charge on any atom is 0.291 e. The van der Waals surface area contributed by atoms with Crippen molar-refractivity contribution in [3.05, 3.63) is 47.0 Å². The van der Waals surface area contributed by atoms with Crippen LogP contribution in [0.1, 0.15) is 53.4 Å². The van der Waals surface area contributed by atoms with Crippen LogP contribution >= 0.6 is 0 Å². The molecule has 8 heteroatoms. The lowest BCUT2D eigenvalue weighted by Crippen LogP contribution is -2.29. The molecule has 0 saturated heterocycles. The Labute approximate surface area is 162 Å². The van der Waals surface area contributed by atoms with Crippen LogP contribution in [0.15, 0.2) is 24.3 Å². The Morgan fingerprint density at radius 3 is 2.75 bits per heavy atom. The predicted octanol–water partition coefficient (Wildman–Crippen LogP) is 2.78. The molecule has 1 N–H and O–H groups in total. The molecule has 0 unspecified atom stereocenters. The van der Waals surface area contributed by atoms with Gasteiger partial charge in [0.15, 0.2) is 11.5 Å². The molecule has 1 atom stereocenters. The first-order valence-corrected chi connectivity index (χ1v) is 9.46. The number of amides is 1. The number of ether oxygens (including phenoxy) is 2. The van der Waals surface area contributed by atoms with Crippen LogP contribution in [0.5, 0.6) is 11.5 Å². The van der Waals surface area contributed by atoms with Crippen molar-refractivity contribution in [1.82, 2.24) is 24.9 Å². The standard InChI is InChI=1S/C20H23N5O3/c1-4-5-15(14-6-7-16-17(11-14)28-9-8-27-16)22-19(26)18-23-20-21-12(2)10-13(3)25(20)24-18/h6-7,10-11,15H,4-5,8-9H2,1-3H3,(H,22,26)/t15-/m0/s1. The summed E-state index contributed by atoms with van der Waals surface area (Å²) < 4.78 is 12.8. The summed E-state index contributed by atoms with van der Waals surface area (Å²) in [5.41, 5.74) is 2.68. The van der Waals surface area contributed by atoms with E-state index in [0.29, 0.717) is 24.7 Å². The molecule has 3 heterocycles. The van der Waals surface area contributed by atoms with Gasteiger partial charge in [0.25, 0.3) is 11.7 Å². The fraction of sp³-hybridized carbons (Fsp3) is 0.400. The molecule has 28 heavy (non-hydrogen) atoms. The van der Waals surface area contributed by atoms with Crippen LogP contribution < -0.4 is 14.8 Å². The highest BCUT2D eigenvalue weighted by Crippen LogP contribution is 2.33. The molecular weight excluding hydrogens is 358 g/mol. The minimum Gasteiger partial charge on any atom is -0.486 e. The number of aryl methyl sites for hydroxylation is 2. The molecule has 1 amide bonds. The lowest BCUT2D eigenvalue weighted by atomic mass is 10.0. The summed E-state index contributed by atoms with van der Waals surface area (Å²) in [6.07, 6.45) is 1.70. The summed E-state index contributed by atoms with van der Waals surface area (Å²) in [6.45, 7) is 6.95. The number of carbonyl (C=O) groups excluding carboxylic acids is 1. The fourth-order valence-corrected chi connectivity index (χ4v) is 3.37. The van der Waals surface area contributed by atoms with Gasteiger partial charge in [-0.15, -0.1) is 5.10 Å². The summed E-state index contributed by atoms with van der Waals surface area (Å²) in [4.78, 5) is 21.5. The second-order valence-corrected chi connectivity index (χ2v) is 6.90. The third-order valence-corrected chi connectivity index (χ3v) is 4.67. The van der Waals surface area contributed by atoms with Crippen LogP contribution in [0.25, 0.3) is 5.78 Å². The van der Waals surface area contributed by atoms with E-state index in [1.807, 2.05) is 38.1 Å². The second kappa shape index (κ2) is 7.46. The normalized spacial score (nSPS) is 14.1. The van der Waals surface area contributed by atoms with Gasteiger partial charge in [-0.05, 0) is 44.0 Å². The molecule has 2 aromatic heterocycles. The van der Waals surface area contributed by atoms with Gasteiger partial charge < -0.3 is 14.8 Å². The molecule has 0 radical (unpaired) electrons. The maximum absolute atomic E-state index is 12.8. The molecule has 0 aliphatic carbocycles. The highest BCUT2D eigenvalue weighted by atomic mass is 16.6. The Bertz CT molecular complexity index is 1030. The zero-order valence-corrected chi connectivity index (χ0v) is 16.2. The van der Waals surface area contributed by atoms with E-state index in [2.05, 4.69) is 27.3 Å². The van der Waals surface area contributed by atoms with Crippen LogP contribution in [0.3, 0.4) is 0 Å². The molecular formula is C20H23N5O3. The SMILES string of the molecule is CCC[C@H](NC(=O)c1nc2nc(C)cc(C)n2n1)c1ccc2c(c1)OCCO2. The Hall–Kier alpha value is -3.16. The maximum atomic E-state index is 12.8. The summed E-state index contributed by atoms with van der Waals surface area (Å²) >= 11 is 0. The first kappa shape index (κ1) is 18.2. The molecule has 146 valence electrons. The molecule has 1 aromatic carbocycles. The number of hydrogen-bond donors (Lipinski definition) is 1. The summed E-state index contributed by atoms with van der Waals surface area (Å²) in [5, 5.41) is 7.37. The van der Waals surface area contributed by atoms with E-state index < -0.39 is 0 Å². The van der Waals surface area contributed by atoms with Gasteiger partial charge in [-0.25, -0.2) is 9.50 Å². The Kier molecular flexibility index (Phi) is 4.85. The van der Waals surface area contributed by atoms with Crippen molar-refractivity contribution in [2.45, 2.75) is 39.7 Å². The fourth-order valence-electron chi connectivity index (χ4n) is 3.37. The van der Waals surface area contributed by atoms with Crippen LogP contribution in [0.4, 0.5) is 0 Å². The lowest BCUT2D eigenvalue weighted by molar-refractivity contribution is 0.0924. The van der Waals surface area contributed by atoms with Crippen LogP contribution in [-0.4, -0.2) is 38.7 Å². The van der Waals surface area contributed by atoms with Gasteiger partial charge in [0, 0.05) is 11.4 Å². The predicted molar refractivity (Wildman–Crippen MR) is 103 cm³/mol. The minimum atomic E-state index is -0.323. The quantitative estimate of drug-likeness (QED) is 0.731. The topological polar surface area (TPSA) is 90.6 Å². The monoisotopic (exact) mass is 381 g/mol. The molecule has 1 aliphatic heterocycles. The van der Waals surface area contributed by atoms with E-state index >= 15 is 0 Å². The molecule has 0 spiro atoms. The van der Waals surface area contributed by atoms with Crippen LogP contribution in [-0.2, 0) is 0 Å². The van der Waals surface area contributed by atoms with E-state index in [4.69, 9.17) is 9.47 Å². The van der Waals surface area contributed by atoms with Gasteiger partial charge in [0.2, 0.25) is 5.82 Å². The van der Waals surface area contributed by atoms with Crippen molar-refractivity contribution in [2.24, 2.45) is 0 Å². The van der Waals surface area contributed by atoms with Crippen LogP contribution in [0.2, 0.25) is 0 Å². The number of fused-ring (bicyclic) bond motifs is 2. The van der Waals surface area contributed by atoms with Crippen molar-refractivity contribution in [3.8, 4) is 11.5 Å². The van der Waals surface area contributed by atoms with Crippen molar-refractivity contribution >= 4 is 11.7 Å².